The Balaban J connectivity index is 2.52. The van der Waals surface area contributed by atoms with Gasteiger partial charge in [0.25, 0.3) is 0 Å². The molecule has 0 amide bonds. The Morgan fingerprint density at radius 2 is 1.65 bits per heavy atom. The molecule has 1 rings (SSSR count). The molecule has 0 aromatic rings. The third kappa shape index (κ3) is 5.63. The summed E-state index contributed by atoms with van der Waals surface area (Å²) in [6.45, 7) is 17.2. The number of piperazine rings is 1. The highest BCUT2D eigenvalue weighted by Gasteiger charge is 2.18. The molecule has 4 heteroatoms. The minimum atomic E-state index is 0.394. The zero-order chi connectivity index (χ0) is 15.1. The molecule has 20 heavy (non-hydrogen) atoms. The topological polar surface area (TPSA) is 42.4 Å². The summed E-state index contributed by atoms with van der Waals surface area (Å²) in [5, 5.41) is 11.7. The lowest BCUT2D eigenvalue weighted by atomic mass is 9.98. The molecule has 0 aromatic carbocycles. The summed E-state index contributed by atoms with van der Waals surface area (Å²) in [7, 11) is 0. The molecule has 1 saturated heterocycles. The first-order valence-corrected chi connectivity index (χ1v) is 7.92. The number of hydrogen-bond acceptors (Lipinski definition) is 4. The van der Waals surface area contributed by atoms with Crippen molar-refractivity contribution in [3.05, 3.63) is 11.8 Å². The van der Waals surface area contributed by atoms with Crippen LogP contribution in [0, 0.1) is 11.3 Å². The maximum atomic E-state index is 8.39. The third-order valence-electron chi connectivity index (χ3n) is 3.84. The van der Waals surface area contributed by atoms with Crippen molar-refractivity contribution in [1.29, 1.82) is 5.41 Å². The summed E-state index contributed by atoms with van der Waals surface area (Å²) in [4.78, 5) is 4.87. The van der Waals surface area contributed by atoms with Gasteiger partial charge in [-0.25, -0.2) is 0 Å². The van der Waals surface area contributed by atoms with Crippen LogP contribution in [-0.4, -0.2) is 60.8 Å². The predicted octanol–water partition coefficient (Wildman–Crippen LogP) is 2.18. The van der Waals surface area contributed by atoms with Crippen LogP contribution in [0.2, 0.25) is 0 Å². The lowest BCUT2D eigenvalue weighted by molar-refractivity contribution is 0.151. The number of nitrogens with one attached hydrogen (secondary N) is 2. The number of nitrogens with zero attached hydrogens (tertiary/aromatic N) is 2. The Bertz CT molecular complexity index is 325. The highest BCUT2D eigenvalue weighted by molar-refractivity contribution is 5.99. The molecule has 0 aliphatic carbocycles. The molecular formula is C16H32N4. The number of likely N-dealkylation sites (N-methyl/N-ethyl adjacent to an activating group) is 1. The van der Waals surface area contributed by atoms with Crippen molar-refractivity contribution < 1.29 is 0 Å². The zero-order valence-electron chi connectivity index (χ0n) is 13.9. The van der Waals surface area contributed by atoms with E-state index in [4.69, 9.17) is 5.41 Å². The average Bonchev–Trinajstić information content (AvgIpc) is 2.39. The van der Waals surface area contributed by atoms with Crippen LogP contribution in [0.4, 0.5) is 0 Å². The van der Waals surface area contributed by atoms with Gasteiger partial charge in [0.15, 0.2) is 0 Å². The van der Waals surface area contributed by atoms with Crippen molar-refractivity contribution in [1.82, 2.24) is 15.1 Å². The molecule has 0 atom stereocenters. The molecule has 0 aromatic heterocycles. The van der Waals surface area contributed by atoms with Crippen LogP contribution < -0.4 is 5.32 Å². The first-order chi connectivity index (χ1) is 9.43. The van der Waals surface area contributed by atoms with Crippen LogP contribution >= 0.6 is 0 Å². The Hall–Kier alpha value is -0.870. The first-order valence-electron chi connectivity index (χ1n) is 7.92. The van der Waals surface area contributed by atoms with Gasteiger partial charge in [-0.3, -0.25) is 4.90 Å². The van der Waals surface area contributed by atoms with E-state index in [1.807, 2.05) is 6.20 Å². The van der Waals surface area contributed by atoms with Crippen molar-refractivity contribution in [3.63, 3.8) is 0 Å². The molecule has 1 aliphatic rings. The lowest BCUT2D eigenvalue weighted by Gasteiger charge is -2.34. The maximum Gasteiger partial charge on any atom is 0.0503 e. The fraction of sp³-hybridized carbons (Fsp3) is 0.812. The van der Waals surface area contributed by atoms with Gasteiger partial charge in [0, 0.05) is 45.0 Å². The van der Waals surface area contributed by atoms with Gasteiger partial charge in [0.1, 0.15) is 0 Å². The molecule has 0 saturated carbocycles. The Labute approximate surface area is 124 Å². The van der Waals surface area contributed by atoms with E-state index in [9.17, 15) is 0 Å². The summed E-state index contributed by atoms with van der Waals surface area (Å²) in [6, 6.07) is 0.421. The summed E-state index contributed by atoms with van der Waals surface area (Å²) >= 11 is 0. The van der Waals surface area contributed by atoms with Crippen LogP contribution in [0.1, 0.15) is 34.6 Å². The van der Waals surface area contributed by atoms with Crippen LogP contribution in [0.3, 0.4) is 0 Å². The van der Waals surface area contributed by atoms with E-state index in [1.54, 1.807) is 0 Å². The standard InChI is InChI=1S/C16H32N4/c1-6-19-7-9-20(10-8-19)12-16(17)15(13(2)3)11-18-14(4)5/h11,13-14,17-18H,6-10,12H2,1-5H3/b15-11-,17-16?. The highest BCUT2D eigenvalue weighted by atomic mass is 15.3. The summed E-state index contributed by atoms with van der Waals surface area (Å²) in [6.07, 6.45) is 2.04. The number of rotatable bonds is 7. The second kappa shape index (κ2) is 8.42. The quantitative estimate of drug-likeness (QED) is 0.703. The van der Waals surface area contributed by atoms with Crippen LogP contribution in [-0.2, 0) is 0 Å². The Morgan fingerprint density at radius 1 is 1.10 bits per heavy atom. The molecule has 1 aliphatic heterocycles. The van der Waals surface area contributed by atoms with Gasteiger partial charge < -0.3 is 15.6 Å². The smallest absolute Gasteiger partial charge is 0.0503 e. The first kappa shape index (κ1) is 17.2. The number of hydrogen-bond donors (Lipinski definition) is 2. The van der Waals surface area contributed by atoms with E-state index in [1.165, 1.54) is 0 Å². The van der Waals surface area contributed by atoms with Gasteiger partial charge in [-0.05, 0) is 31.9 Å². The molecule has 4 nitrogen and oxygen atoms in total. The van der Waals surface area contributed by atoms with Crippen LogP contribution in [0.15, 0.2) is 11.8 Å². The van der Waals surface area contributed by atoms with Gasteiger partial charge >= 0.3 is 0 Å². The lowest BCUT2D eigenvalue weighted by Crippen LogP contribution is -2.47. The van der Waals surface area contributed by atoms with E-state index >= 15 is 0 Å². The molecule has 1 fully saturated rings. The van der Waals surface area contributed by atoms with Gasteiger partial charge in [0.05, 0.1) is 5.71 Å². The fourth-order valence-corrected chi connectivity index (χ4v) is 2.44. The third-order valence-corrected chi connectivity index (χ3v) is 3.84. The van der Waals surface area contributed by atoms with E-state index in [0.29, 0.717) is 12.0 Å². The fourth-order valence-electron chi connectivity index (χ4n) is 2.44. The highest BCUT2D eigenvalue weighted by Crippen LogP contribution is 2.12. The molecule has 0 unspecified atom stereocenters. The Morgan fingerprint density at radius 3 is 2.10 bits per heavy atom. The monoisotopic (exact) mass is 280 g/mol. The summed E-state index contributed by atoms with van der Waals surface area (Å²) < 4.78 is 0. The average molecular weight is 280 g/mol. The predicted molar refractivity (Wildman–Crippen MR) is 87.5 cm³/mol. The SMILES string of the molecule is CCN1CCN(CC(=N)/C(=C\NC(C)C)C(C)C)CC1. The van der Waals surface area contributed by atoms with Gasteiger partial charge in [-0.1, -0.05) is 20.8 Å². The second-order valence-electron chi connectivity index (χ2n) is 6.26. The van der Waals surface area contributed by atoms with E-state index < -0.39 is 0 Å². The molecule has 1 heterocycles. The van der Waals surface area contributed by atoms with Crippen LogP contribution in [0.5, 0.6) is 0 Å². The summed E-state index contributed by atoms with van der Waals surface area (Å²) in [5.41, 5.74) is 1.90. The van der Waals surface area contributed by atoms with Crippen LogP contribution in [0.25, 0.3) is 0 Å². The molecular weight excluding hydrogens is 248 g/mol. The van der Waals surface area contributed by atoms with Gasteiger partial charge in [0.2, 0.25) is 0 Å². The maximum absolute atomic E-state index is 8.39. The zero-order valence-corrected chi connectivity index (χ0v) is 13.9. The normalized spacial score (nSPS) is 18.9. The van der Waals surface area contributed by atoms with Crippen molar-refractivity contribution in [2.75, 3.05) is 39.3 Å². The second-order valence-corrected chi connectivity index (χ2v) is 6.26. The summed E-state index contributed by atoms with van der Waals surface area (Å²) in [5.74, 6) is 0.394. The minimum Gasteiger partial charge on any atom is -0.388 e. The van der Waals surface area contributed by atoms with E-state index in [2.05, 4.69) is 49.7 Å². The van der Waals surface area contributed by atoms with Crippen molar-refractivity contribution in [2.24, 2.45) is 5.92 Å². The largest absolute Gasteiger partial charge is 0.388 e. The molecule has 0 spiro atoms. The van der Waals surface area contributed by atoms with Gasteiger partial charge in [-0.2, -0.15) is 0 Å². The molecule has 2 N–H and O–H groups in total. The molecule has 0 bridgehead atoms. The van der Waals surface area contributed by atoms with Crippen molar-refractivity contribution in [3.8, 4) is 0 Å². The van der Waals surface area contributed by atoms with Crippen molar-refractivity contribution >= 4 is 5.71 Å². The van der Waals surface area contributed by atoms with Gasteiger partial charge in [-0.15, -0.1) is 0 Å². The minimum absolute atomic E-state index is 0.394. The molecule has 0 radical (unpaired) electrons. The van der Waals surface area contributed by atoms with E-state index in [0.717, 1.165) is 50.6 Å². The van der Waals surface area contributed by atoms with Crippen molar-refractivity contribution in [2.45, 2.75) is 40.7 Å². The van der Waals surface area contributed by atoms with E-state index in [-0.39, 0.29) is 0 Å². The Kier molecular flexibility index (Phi) is 7.24. The molecule has 116 valence electrons.